The Labute approximate surface area is 106 Å². The van der Waals surface area contributed by atoms with Crippen LogP contribution < -0.4 is 10.1 Å². The fourth-order valence-corrected chi connectivity index (χ4v) is 1.89. The topological polar surface area (TPSA) is 21.3 Å². The predicted molar refractivity (Wildman–Crippen MR) is 71.7 cm³/mol. The second kappa shape index (κ2) is 5.54. The molecule has 0 aliphatic heterocycles. The van der Waals surface area contributed by atoms with Crippen LogP contribution in [0.2, 0.25) is 0 Å². The Morgan fingerprint density at radius 3 is 2.56 bits per heavy atom. The van der Waals surface area contributed by atoms with E-state index in [1.54, 1.807) is 6.07 Å². The average Bonchev–Trinajstić information content (AvgIpc) is 2.39. The van der Waals surface area contributed by atoms with E-state index in [0.29, 0.717) is 6.42 Å². The van der Waals surface area contributed by atoms with Crippen molar-refractivity contribution in [3.05, 3.63) is 59.4 Å². The van der Waals surface area contributed by atoms with Crippen molar-refractivity contribution in [3.63, 3.8) is 0 Å². The Kier molecular flexibility index (Phi) is 3.82. The van der Waals surface area contributed by atoms with E-state index in [2.05, 4.69) is 11.4 Å². The third kappa shape index (κ3) is 2.80. The van der Waals surface area contributed by atoms with Gasteiger partial charge in [0.05, 0.1) is 7.11 Å². The van der Waals surface area contributed by atoms with Gasteiger partial charge in [0.25, 0.3) is 0 Å². The maximum absolute atomic E-state index is 13.6. The molecule has 18 heavy (non-hydrogen) atoms. The molecular formula is C15H16FNO. The van der Waals surface area contributed by atoms with Crippen molar-refractivity contribution in [1.29, 1.82) is 0 Å². The smallest absolute Gasteiger partial charge is 0.165 e. The summed E-state index contributed by atoms with van der Waals surface area (Å²) in [6, 6.07) is 13.1. The molecule has 2 nitrogen and oxygen atoms in total. The molecule has 0 fully saturated rings. The summed E-state index contributed by atoms with van der Waals surface area (Å²) in [4.78, 5) is 0. The molecule has 0 aromatic heterocycles. The van der Waals surface area contributed by atoms with Crippen molar-refractivity contribution < 1.29 is 9.13 Å². The van der Waals surface area contributed by atoms with Gasteiger partial charge in [0, 0.05) is 12.7 Å². The molecule has 0 heterocycles. The molecule has 2 aromatic carbocycles. The maximum Gasteiger partial charge on any atom is 0.165 e. The van der Waals surface area contributed by atoms with Gasteiger partial charge in [0.15, 0.2) is 11.6 Å². The van der Waals surface area contributed by atoms with Crippen molar-refractivity contribution in [2.45, 2.75) is 6.42 Å². The van der Waals surface area contributed by atoms with Gasteiger partial charge in [-0.15, -0.1) is 0 Å². The zero-order chi connectivity index (χ0) is 13.0. The monoisotopic (exact) mass is 245 g/mol. The number of benzene rings is 2. The summed E-state index contributed by atoms with van der Waals surface area (Å²) in [6.07, 6.45) is 0.705. The Balaban J connectivity index is 2.20. The molecule has 0 aliphatic rings. The summed E-state index contributed by atoms with van der Waals surface area (Å²) < 4.78 is 18.5. The zero-order valence-corrected chi connectivity index (χ0v) is 10.5. The summed E-state index contributed by atoms with van der Waals surface area (Å²) in [6.45, 7) is 0. The molecule has 0 saturated heterocycles. The Hall–Kier alpha value is -2.03. The maximum atomic E-state index is 13.6. The van der Waals surface area contributed by atoms with Gasteiger partial charge < -0.3 is 10.1 Å². The van der Waals surface area contributed by atoms with E-state index in [9.17, 15) is 4.39 Å². The standard InChI is InChI=1S/C15H16FNO/c1-17-13-5-3-4-11(9-13)8-12-6-7-15(18-2)14(16)10-12/h3-7,9-10,17H,8H2,1-2H3. The minimum absolute atomic E-state index is 0.280. The van der Waals surface area contributed by atoms with Crippen LogP contribution in [0.3, 0.4) is 0 Å². The SMILES string of the molecule is CNc1cccc(Cc2ccc(OC)c(F)c2)c1. The molecule has 2 rings (SSSR count). The number of nitrogens with one attached hydrogen (secondary N) is 1. The minimum Gasteiger partial charge on any atom is -0.494 e. The molecule has 2 aromatic rings. The van der Waals surface area contributed by atoms with Crippen LogP contribution in [0.1, 0.15) is 11.1 Å². The van der Waals surface area contributed by atoms with Crippen molar-refractivity contribution in [1.82, 2.24) is 0 Å². The molecule has 0 aliphatic carbocycles. The lowest BCUT2D eigenvalue weighted by atomic mass is 10.0. The van der Waals surface area contributed by atoms with E-state index >= 15 is 0 Å². The molecule has 0 saturated carbocycles. The molecule has 0 unspecified atom stereocenters. The molecule has 1 N–H and O–H groups in total. The first-order valence-corrected chi connectivity index (χ1v) is 5.82. The minimum atomic E-state index is -0.320. The number of ether oxygens (including phenoxy) is 1. The Bertz CT molecular complexity index is 540. The molecular weight excluding hydrogens is 229 g/mol. The van der Waals surface area contributed by atoms with Gasteiger partial charge in [-0.1, -0.05) is 18.2 Å². The molecule has 0 bridgehead atoms. The Morgan fingerprint density at radius 2 is 1.89 bits per heavy atom. The number of halogens is 1. The fraction of sp³-hybridized carbons (Fsp3) is 0.200. The third-order valence-electron chi connectivity index (χ3n) is 2.84. The predicted octanol–water partition coefficient (Wildman–Crippen LogP) is 3.47. The Morgan fingerprint density at radius 1 is 1.11 bits per heavy atom. The average molecular weight is 245 g/mol. The molecule has 0 amide bonds. The lowest BCUT2D eigenvalue weighted by Gasteiger charge is -2.07. The van der Waals surface area contributed by atoms with E-state index in [-0.39, 0.29) is 11.6 Å². The number of hydrogen-bond acceptors (Lipinski definition) is 2. The van der Waals surface area contributed by atoms with Crippen LogP contribution in [0, 0.1) is 5.82 Å². The van der Waals surface area contributed by atoms with Gasteiger partial charge in [-0.3, -0.25) is 0 Å². The van der Waals surface area contributed by atoms with Crippen LogP contribution in [0.15, 0.2) is 42.5 Å². The highest BCUT2D eigenvalue weighted by Gasteiger charge is 2.04. The van der Waals surface area contributed by atoms with Crippen LogP contribution in [-0.4, -0.2) is 14.2 Å². The summed E-state index contributed by atoms with van der Waals surface area (Å²) in [5.74, 6) is -0.0394. The molecule has 0 atom stereocenters. The van der Waals surface area contributed by atoms with E-state index < -0.39 is 0 Å². The van der Waals surface area contributed by atoms with Crippen molar-refractivity contribution >= 4 is 5.69 Å². The highest BCUT2D eigenvalue weighted by molar-refractivity contribution is 5.46. The van der Waals surface area contributed by atoms with Crippen molar-refractivity contribution in [3.8, 4) is 5.75 Å². The van der Waals surface area contributed by atoms with Crippen LogP contribution in [-0.2, 0) is 6.42 Å². The van der Waals surface area contributed by atoms with Gasteiger partial charge in [0.1, 0.15) is 0 Å². The summed E-state index contributed by atoms with van der Waals surface area (Å²) in [7, 11) is 3.35. The molecule has 94 valence electrons. The van der Waals surface area contributed by atoms with Gasteiger partial charge in [-0.25, -0.2) is 4.39 Å². The summed E-state index contributed by atoms with van der Waals surface area (Å²) in [5.41, 5.74) is 3.13. The highest BCUT2D eigenvalue weighted by atomic mass is 19.1. The van der Waals surface area contributed by atoms with E-state index in [1.807, 2.05) is 31.3 Å². The largest absolute Gasteiger partial charge is 0.494 e. The van der Waals surface area contributed by atoms with Gasteiger partial charge in [-0.2, -0.15) is 0 Å². The molecule has 0 spiro atoms. The third-order valence-corrected chi connectivity index (χ3v) is 2.84. The van der Waals surface area contributed by atoms with Crippen LogP contribution >= 0.6 is 0 Å². The van der Waals surface area contributed by atoms with E-state index in [1.165, 1.54) is 13.2 Å². The van der Waals surface area contributed by atoms with Crippen molar-refractivity contribution in [2.24, 2.45) is 0 Å². The first-order valence-electron chi connectivity index (χ1n) is 5.82. The fourth-order valence-electron chi connectivity index (χ4n) is 1.89. The lowest BCUT2D eigenvalue weighted by molar-refractivity contribution is 0.386. The lowest BCUT2D eigenvalue weighted by Crippen LogP contribution is -1.94. The first kappa shape index (κ1) is 12.4. The normalized spacial score (nSPS) is 10.2. The highest BCUT2D eigenvalue weighted by Crippen LogP contribution is 2.20. The van der Waals surface area contributed by atoms with Crippen LogP contribution in [0.25, 0.3) is 0 Å². The van der Waals surface area contributed by atoms with E-state index in [0.717, 1.165) is 16.8 Å². The van der Waals surface area contributed by atoms with Gasteiger partial charge >= 0.3 is 0 Å². The number of hydrogen-bond donors (Lipinski definition) is 1. The van der Waals surface area contributed by atoms with Crippen LogP contribution in [0.5, 0.6) is 5.75 Å². The van der Waals surface area contributed by atoms with Gasteiger partial charge in [-0.05, 0) is 41.8 Å². The first-order chi connectivity index (χ1) is 8.72. The van der Waals surface area contributed by atoms with E-state index in [4.69, 9.17) is 4.74 Å². The number of rotatable bonds is 4. The second-order valence-electron chi connectivity index (χ2n) is 4.10. The van der Waals surface area contributed by atoms with Gasteiger partial charge in [0.2, 0.25) is 0 Å². The molecule has 0 radical (unpaired) electrons. The number of methoxy groups -OCH3 is 1. The van der Waals surface area contributed by atoms with Crippen molar-refractivity contribution in [2.75, 3.05) is 19.5 Å². The summed E-state index contributed by atoms with van der Waals surface area (Å²) >= 11 is 0. The quantitative estimate of drug-likeness (QED) is 0.890. The second-order valence-corrected chi connectivity index (χ2v) is 4.10. The molecule has 3 heteroatoms. The number of anilines is 1. The van der Waals surface area contributed by atoms with Crippen LogP contribution in [0.4, 0.5) is 10.1 Å². The summed E-state index contributed by atoms with van der Waals surface area (Å²) in [5, 5.41) is 3.09. The zero-order valence-electron chi connectivity index (χ0n) is 10.5.